The molecule has 1 aliphatic rings. The number of carbonyl (C=O) groups is 2. The topological polar surface area (TPSA) is 84.9 Å². The van der Waals surface area contributed by atoms with E-state index in [1.54, 1.807) is 6.07 Å². The molecule has 1 aliphatic heterocycles. The minimum Gasteiger partial charge on any atom is -0.480 e. The third-order valence-corrected chi connectivity index (χ3v) is 3.55. The third kappa shape index (κ3) is 5.20. The number of halogens is 1. The maximum atomic E-state index is 11.9. The zero-order valence-corrected chi connectivity index (χ0v) is 12.8. The SMILES string of the molecule is O=C(O)COc1ccc(NC(=O)C[C@@H]2CCCCO2)cc1Cl. The van der Waals surface area contributed by atoms with Gasteiger partial charge in [0.1, 0.15) is 5.75 Å². The molecule has 120 valence electrons. The second-order valence-corrected chi connectivity index (χ2v) is 5.48. The second-order valence-electron chi connectivity index (χ2n) is 5.07. The number of ether oxygens (including phenoxy) is 2. The number of carboxylic acid groups (broad SMARTS) is 1. The van der Waals surface area contributed by atoms with Crippen molar-refractivity contribution >= 4 is 29.2 Å². The predicted molar refractivity (Wildman–Crippen MR) is 81.4 cm³/mol. The van der Waals surface area contributed by atoms with Crippen LogP contribution in [0, 0.1) is 0 Å². The number of carboxylic acids is 1. The number of carbonyl (C=O) groups excluding carboxylic acids is 1. The largest absolute Gasteiger partial charge is 0.480 e. The maximum Gasteiger partial charge on any atom is 0.341 e. The molecule has 1 aromatic carbocycles. The van der Waals surface area contributed by atoms with Gasteiger partial charge in [-0.2, -0.15) is 0 Å². The van der Waals surface area contributed by atoms with Crippen molar-refractivity contribution in [2.75, 3.05) is 18.5 Å². The molecule has 7 heteroatoms. The highest BCUT2D eigenvalue weighted by atomic mass is 35.5. The summed E-state index contributed by atoms with van der Waals surface area (Å²) in [6.07, 6.45) is 3.32. The third-order valence-electron chi connectivity index (χ3n) is 3.25. The van der Waals surface area contributed by atoms with Gasteiger partial charge < -0.3 is 19.9 Å². The zero-order chi connectivity index (χ0) is 15.9. The summed E-state index contributed by atoms with van der Waals surface area (Å²) in [6, 6.07) is 4.67. The van der Waals surface area contributed by atoms with E-state index in [1.165, 1.54) is 12.1 Å². The zero-order valence-electron chi connectivity index (χ0n) is 12.0. The molecule has 1 aromatic rings. The summed E-state index contributed by atoms with van der Waals surface area (Å²) in [6.45, 7) is 0.240. The predicted octanol–water partition coefficient (Wildman–Crippen LogP) is 2.70. The number of aliphatic carboxylic acids is 1. The van der Waals surface area contributed by atoms with Crippen molar-refractivity contribution in [1.29, 1.82) is 0 Å². The summed E-state index contributed by atoms with van der Waals surface area (Å²) in [5.74, 6) is -0.958. The van der Waals surface area contributed by atoms with Crippen molar-refractivity contribution in [3.05, 3.63) is 23.2 Å². The molecule has 0 saturated carbocycles. The van der Waals surface area contributed by atoms with E-state index in [4.69, 9.17) is 26.2 Å². The molecule has 0 aliphatic carbocycles. The Morgan fingerprint density at radius 1 is 1.41 bits per heavy atom. The normalized spacial score (nSPS) is 17.8. The highest BCUT2D eigenvalue weighted by Gasteiger charge is 2.18. The molecule has 1 fully saturated rings. The lowest BCUT2D eigenvalue weighted by atomic mass is 10.1. The highest BCUT2D eigenvalue weighted by Crippen LogP contribution is 2.28. The number of amides is 1. The monoisotopic (exact) mass is 327 g/mol. The molecule has 0 aromatic heterocycles. The van der Waals surface area contributed by atoms with Crippen LogP contribution in [-0.2, 0) is 14.3 Å². The average molecular weight is 328 g/mol. The first kappa shape index (κ1) is 16.6. The first-order chi connectivity index (χ1) is 10.5. The fourth-order valence-electron chi connectivity index (χ4n) is 2.22. The molecule has 1 saturated heterocycles. The van der Waals surface area contributed by atoms with E-state index in [9.17, 15) is 9.59 Å². The van der Waals surface area contributed by atoms with Crippen LogP contribution in [0.4, 0.5) is 5.69 Å². The molecule has 6 nitrogen and oxygen atoms in total. The van der Waals surface area contributed by atoms with Gasteiger partial charge in [-0.3, -0.25) is 4.79 Å². The molecule has 2 N–H and O–H groups in total. The van der Waals surface area contributed by atoms with Gasteiger partial charge in [-0.05, 0) is 37.5 Å². The van der Waals surface area contributed by atoms with E-state index in [0.29, 0.717) is 18.7 Å². The fourth-order valence-corrected chi connectivity index (χ4v) is 2.46. The Morgan fingerprint density at radius 2 is 2.23 bits per heavy atom. The summed E-state index contributed by atoms with van der Waals surface area (Å²) in [7, 11) is 0. The molecule has 22 heavy (non-hydrogen) atoms. The van der Waals surface area contributed by atoms with Crippen LogP contribution >= 0.6 is 11.6 Å². The molecule has 1 atom stereocenters. The molecule has 0 radical (unpaired) electrons. The van der Waals surface area contributed by atoms with Gasteiger partial charge in [0.2, 0.25) is 5.91 Å². The Kier molecular flexibility index (Phi) is 6.03. The van der Waals surface area contributed by atoms with Gasteiger partial charge in [0.25, 0.3) is 0 Å². The van der Waals surface area contributed by atoms with Crippen molar-refractivity contribution in [1.82, 2.24) is 0 Å². The van der Waals surface area contributed by atoms with E-state index in [1.807, 2.05) is 0 Å². The van der Waals surface area contributed by atoms with Gasteiger partial charge in [0, 0.05) is 12.3 Å². The Balaban J connectivity index is 1.88. The van der Waals surface area contributed by atoms with E-state index in [0.717, 1.165) is 19.3 Å². The second kappa shape index (κ2) is 8.00. The van der Waals surface area contributed by atoms with Gasteiger partial charge in [-0.25, -0.2) is 4.79 Å². The number of hydrogen-bond donors (Lipinski definition) is 2. The van der Waals surface area contributed by atoms with Crippen LogP contribution in [0.15, 0.2) is 18.2 Å². The summed E-state index contributed by atoms with van der Waals surface area (Å²) in [5.41, 5.74) is 0.536. The Hall–Kier alpha value is -1.79. The van der Waals surface area contributed by atoms with Crippen molar-refractivity contribution in [3.63, 3.8) is 0 Å². The summed E-state index contributed by atoms with van der Waals surface area (Å²) >= 11 is 5.99. The van der Waals surface area contributed by atoms with Crippen molar-refractivity contribution in [2.45, 2.75) is 31.8 Å². The van der Waals surface area contributed by atoms with Crippen LogP contribution in [0.3, 0.4) is 0 Å². The van der Waals surface area contributed by atoms with Gasteiger partial charge in [-0.15, -0.1) is 0 Å². The van der Waals surface area contributed by atoms with Crippen molar-refractivity contribution < 1.29 is 24.2 Å². The van der Waals surface area contributed by atoms with Gasteiger partial charge >= 0.3 is 5.97 Å². The lowest BCUT2D eigenvalue weighted by molar-refractivity contribution is -0.139. The van der Waals surface area contributed by atoms with Crippen LogP contribution in [0.2, 0.25) is 5.02 Å². The smallest absolute Gasteiger partial charge is 0.341 e. The lowest BCUT2D eigenvalue weighted by Gasteiger charge is -2.22. The molecule has 0 spiro atoms. The van der Waals surface area contributed by atoms with E-state index >= 15 is 0 Å². The molecule has 2 rings (SSSR count). The minimum absolute atomic E-state index is 0.0256. The van der Waals surface area contributed by atoms with E-state index in [-0.39, 0.29) is 22.8 Å². The summed E-state index contributed by atoms with van der Waals surface area (Å²) in [4.78, 5) is 22.4. The standard InChI is InChI=1S/C15H18ClNO5/c16-12-7-10(4-5-13(12)22-9-15(19)20)17-14(18)8-11-3-1-2-6-21-11/h4-5,7,11H,1-3,6,8-9H2,(H,17,18)(H,19,20)/t11-/m0/s1. The average Bonchev–Trinajstić information content (AvgIpc) is 2.47. The van der Waals surface area contributed by atoms with E-state index < -0.39 is 12.6 Å². The number of anilines is 1. The van der Waals surface area contributed by atoms with Crippen LogP contribution in [0.5, 0.6) is 5.75 Å². The minimum atomic E-state index is -1.08. The molecule has 0 bridgehead atoms. The number of nitrogens with one attached hydrogen (secondary N) is 1. The number of rotatable bonds is 6. The highest BCUT2D eigenvalue weighted by molar-refractivity contribution is 6.32. The Labute approximate surface area is 133 Å². The van der Waals surface area contributed by atoms with Crippen LogP contribution in [0.25, 0.3) is 0 Å². The lowest BCUT2D eigenvalue weighted by Crippen LogP contribution is -2.25. The first-order valence-electron chi connectivity index (χ1n) is 7.10. The molecular formula is C15H18ClNO5. The molecule has 0 unspecified atom stereocenters. The van der Waals surface area contributed by atoms with E-state index in [2.05, 4.69) is 5.32 Å². The molecular weight excluding hydrogens is 310 g/mol. The van der Waals surface area contributed by atoms with Crippen molar-refractivity contribution in [2.24, 2.45) is 0 Å². The Bertz CT molecular complexity index is 543. The Morgan fingerprint density at radius 3 is 2.86 bits per heavy atom. The van der Waals surface area contributed by atoms with Gasteiger partial charge in [0.05, 0.1) is 17.5 Å². The molecule has 1 amide bonds. The quantitative estimate of drug-likeness (QED) is 0.839. The van der Waals surface area contributed by atoms with Gasteiger partial charge in [-0.1, -0.05) is 11.6 Å². The first-order valence-corrected chi connectivity index (χ1v) is 7.48. The number of hydrogen-bond acceptors (Lipinski definition) is 4. The fraction of sp³-hybridized carbons (Fsp3) is 0.467. The number of benzene rings is 1. The van der Waals surface area contributed by atoms with Gasteiger partial charge in [0.15, 0.2) is 6.61 Å². The summed E-state index contributed by atoms with van der Waals surface area (Å²) in [5, 5.41) is 11.5. The summed E-state index contributed by atoms with van der Waals surface area (Å²) < 4.78 is 10.5. The van der Waals surface area contributed by atoms with Crippen LogP contribution in [-0.4, -0.2) is 36.3 Å². The van der Waals surface area contributed by atoms with Crippen LogP contribution in [0.1, 0.15) is 25.7 Å². The molecule has 1 heterocycles. The van der Waals surface area contributed by atoms with Crippen molar-refractivity contribution in [3.8, 4) is 5.75 Å². The maximum absolute atomic E-state index is 11.9. The van der Waals surface area contributed by atoms with Crippen LogP contribution < -0.4 is 10.1 Å².